The Morgan fingerprint density at radius 2 is 1.79 bits per heavy atom. The monoisotopic (exact) mass is 395 g/mol. The van der Waals surface area contributed by atoms with E-state index >= 15 is 0 Å². The van der Waals surface area contributed by atoms with E-state index in [0.717, 1.165) is 5.75 Å². The van der Waals surface area contributed by atoms with Crippen molar-refractivity contribution in [2.75, 3.05) is 37.0 Å². The Hall–Kier alpha value is -3.35. The molecule has 3 amide bonds. The molecule has 0 aromatic heterocycles. The molecule has 7 nitrogen and oxygen atoms in total. The minimum atomic E-state index is -0.237. The number of hydrogen-bond acceptors (Lipinski definition) is 4. The van der Waals surface area contributed by atoms with Crippen molar-refractivity contribution in [2.24, 2.45) is 0 Å². The van der Waals surface area contributed by atoms with Gasteiger partial charge in [-0.3, -0.25) is 14.4 Å². The second-order valence-electron chi connectivity index (χ2n) is 6.88. The SMILES string of the molecule is CN(CCCOc1ccccc1)C(=O)CCC(=O)N1CC(=O)Nc2ccccc21. The maximum atomic E-state index is 12.6. The van der Waals surface area contributed by atoms with E-state index in [1.165, 1.54) is 4.90 Å². The Morgan fingerprint density at radius 3 is 2.59 bits per heavy atom. The molecule has 2 aromatic rings. The molecule has 0 unspecified atom stereocenters. The van der Waals surface area contributed by atoms with Gasteiger partial charge in [-0.05, 0) is 30.7 Å². The van der Waals surface area contributed by atoms with Crippen molar-refractivity contribution >= 4 is 29.1 Å². The Labute approximate surface area is 170 Å². The van der Waals surface area contributed by atoms with Gasteiger partial charge in [-0.2, -0.15) is 0 Å². The third-order valence-electron chi connectivity index (χ3n) is 4.70. The van der Waals surface area contributed by atoms with E-state index < -0.39 is 0 Å². The lowest BCUT2D eigenvalue weighted by atomic mass is 10.1. The molecule has 0 aliphatic carbocycles. The molecular weight excluding hydrogens is 370 g/mol. The summed E-state index contributed by atoms with van der Waals surface area (Å²) in [6.07, 6.45) is 0.866. The second-order valence-corrected chi connectivity index (χ2v) is 6.88. The maximum absolute atomic E-state index is 12.6. The maximum Gasteiger partial charge on any atom is 0.244 e. The predicted molar refractivity (Wildman–Crippen MR) is 111 cm³/mol. The zero-order chi connectivity index (χ0) is 20.6. The molecular formula is C22H25N3O4. The summed E-state index contributed by atoms with van der Waals surface area (Å²) < 4.78 is 5.62. The number of amides is 3. The first-order chi connectivity index (χ1) is 14.0. The zero-order valence-corrected chi connectivity index (χ0v) is 16.5. The van der Waals surface area contributed by atoms with E-state index in [4.69, 9.17) is 4.74 Å². The van der Waals surface area contributed by atoms with Gasteiger partial charge >= 0.3 is 0 Å². The largest absolute Gasteiger partial charge is 0.494 e. The lowest BCUT2D eigenvalue weighted by Crippen LogP contribution is -2.42. The number of para-hydroxylation sites is 3. The average molecular weight is 395 g/mol. The number of rotatable bonds is 8. The predicted octanol–water partition coefficient (Wildman–Crippen LogP) is 2.68. The first-order valence-electron chi connectivity index (χ1n) is 9.65. The summed E-state index contributed by atoms with van der Waals surface area (Å²) in [5.41, 5.74) is 1.27. The second kappa shape index (κ2) is 9.73. The van der Waals surface area contributed by atoms with Crippen LogP contribution < -0.4 is 15.0 Å². The first-order valence-corrected chi connectivity index (χ1v) is 9.65. The molecule has 0 bridgehead atoms. The molecule has 1 N–H and O–H groups in total. The Morgan fingerprint density at radius 1 is 1.07 bits per heavy atom. The van der Waals surface area contributed by atoms with Gasteiger partial charge in [-0.15, -0.1) is 0 Å². The Bertz CT molecular complexity index is 869. The molecule has 1 heterocycles. The van der Waals surface area contributed by atoms with Crippen LogP contribution in [0.5, 0.6) is 5.75 Å². The number of ether oxygens (including phenoxy) is 1. The van der Waals surface area contributed by atoms with Gasteiger partial charge < -0.3 is 19.9 Å². The minimum absolute atomic E-state index is 0.0311. The van der Waals surface area contributed by atoms with E-state index in [9.17, 15) is 14.4 Å². The number of benzene rings is 2. The molecule has 0 fully saturated rings. The molecule has 152 valence electrons. The molecule has 2 aromatic carbocycles. The summed E-state index contributed by atoms with van der Waals surface area (Å²) >= 11 is 0. The lowest BCUT2D eigenvalue weighted by molar-refractivity contribution is -0.132. The minimum Gasteiger partial charge on any atom is -0.494 e. The van der Waals surface area contributed by atoms with Crippen molar-refractivity contribution in [1.82, 2.24) is 4.90 Å². The van der Waals surface area contributed by atoms with E-state index in [1.807, 2.05) is 36.4 Å². The van der Waals surface area contributed by atoms with Crippen LogP contribution in [0, 0.1) is 0 Å². The molecule has 0 atom stereocenters. The van der Waals surface area contributed by atoms with E-state index in [0.29, 0.717) is 30.9 Å². The van der Waals surface area contributed by atoms with Crippen molar-refractivity contribution in [3.05, 3.63) is 54.6 Å². The summed E-state index contributed by atoms with van der Waals surface area (Å²) in [6, 6.07) is 16.7. The van der Waals surface area contributed by atoms with Crippen LogP contribution >= 0.6 is 0 Å². The summed E-state index contributed by atoms with van der Waals surface area (Å²) in [5.74, 6) is 0.228. The van der Waals surface area contributed by atoms with Gasteiger partial charge in [0, 0.05) is 26.4 Å². The third-order valence-corrected chi connectivity index (χ3v) is 4.70. The highest BCUT2D eigenvalue weighted by molar-refractivity contribution is 6.10. The van der Waals surface area contributed by atoms with Crippen LogP contribution in [-0.4, -0.2) is 49.4 Å². The lowest BCUT2D eigenvalue weighted by Gasteiger charge is -2.29. The van der Waals surface area contributed by atoms with Crippen LogP contribution in [-0.2, 0) is 14.4 Å². The topological polar surface area (TPSA) is 79.0 Å². The molecule has 1 aliphatic heterocycles. The van der Waals surface area contributed by atoms with Gasteiger partial charge in [-0.1, -0.05) is 30.3 Å². The quantitative estimate of drug-likeness (QED) is 0.697. The van der Waals surface area contributed by atoms with Crippen LogP contribution in [0.4, 0.5) is 11.4 Å². The van der Waals surface area contributed by atoms with Gasteiger partial charge in [0.1, 0.15) is 12.3 Å². The number of carbonyl (C=O) groups is 3. The standard InChI is InChI=1S/C22H25N3O4/c1-24(14-7-15-29-17-8-3-2-4-9-17)21(27)12-13-22(28)25-16-20(26)23-18-10-5-6-11-19(18)25/h2-6,8-11H,7,12-16H2,1H3,(H,23,26). The fourth-order valence-corrected chi connectivity index (χ4v) is 3.13. The molecule has 7 heteroatoms. The highest BCUT2D eigenvalue weighted by Gasteiger charge is 2.26. The normalized spacial score (nSPS) is 12.7. The van der Waals surface area contributed by atoms with Gasteiger partial charge in [-0.25, -0.2) is 0 Å². The summed E-state index contributed by atoms with van der Waals surface area (Å²) in [6.45, 7) is 1.03. The Kier molecular flexibility index (Phi) is 6.84. The molecule has 0 radical (unpaired) electrons. The number of nitrogens with zero attached hydrogens (tertiary/aromatic N) is 2. The summed E-state index contributed by atoms with van der Waals surface area (Å²) in [5, 5.41) is 2.75. The van der Waals surface area contributed by atoms with Crippen molar-refractivity contribution in [3.63, 3.8) is 0 Å². The van der Waals surface area contributed by atoms with E-state index in [-0.39, 0.29) is 37.1 Å². The summed E-state index contributed by atoms with van der Waals surface area (Å²) in [4.78, 5) is 39.8. The number of hydrogen-bond donors (Lipinski definition) is 1. The average Bonchev–Trinajstić information content (AvgIpc) is 2.74. The van der Waals surface area contributed by atoms with Gasteiger partial charge in [0.15, 0.2) is 0 Å². The number of nitrogens with one attached hydrogen (secondary N) is 1. The van der Waals surface area contributed by atoms with Crippen LogP contribution in [0.25, 0.3) is 0 Å². The molecule has 0 spiro atoms. The number of anilines is 2. The molecule has 0 saturated heterocycles. The third kappa shape index (κ3) is 5.57. The molecule has 0 saturated carbocycles. The van der Waals surface area contributed by atoms with Gasteiger partial charge in [0.05, 0.1) is 18.0 Å². The highest BCUT2D eigenvalue weighted by atomic mass is 16.5. The van der Waals surface area contributed by atoms with Gasteiger partial charge in [0.2, 0.25) is 17.7 Å². The van der Waals surface area contributed by atoms with Crippen molar-refractivity contribution in [2.45, 2.75) is 19.3 Å². The van der Waals surface area contributed by atoms with Crippen LogP contribution in [0.1, 0.15) is 19.3 Å². The van der Waals surface area contributed by atoms with Crippen molar-refractivity contribution in [1.29, 1.82) is 0 Å². The molecule has 29 heavy (non-hydrogen) atoms. The smallest absolute Gasteiger partial charge is 0.244 e. The van der Waals surface area contributed by atoms with E-state index in [1.54, 1.807) is 30.1 Å². The zero-order valence-electron chi connectivity index (χ0n) is 16.5. The highest BCUT2D eigenvalue weighted by Crippen LogP contribution is 2.29. The van der Waals surface area contributed by atoms with E-state index in [2.05, 4.69) is 5.32 Å². The number of fused-ring (bicyclic) bond motifs is 1. The van der Waals surface area contributed by atoms with Crippen LogP contribution in [0.2, 0.25) is 0 Å². The van der Waals surface area contributed by atoms with Gasteiger partial charge in [0.25, 0.3) is 0 Å². The fourth-order valence-electron chi connectivity index (χ4n) is 3.13. The fraction of sp³-hybridized carbons (Fsp3) is 0.318. The molecule has 1 aliphatic rings. The van der Waals surface area contributed by atoms with Crippen LogP contribution in [0.3, 0.4) is 0 Å². The van der Waals surface area contributed by atoms with Crippen LogP contribution in [0.15, 0.2) is 54.6 Å². The first kappa shape index (κ1) is 20.4. The van der Waals surface area contributed by atoms with Crippen molar-refractivity contribution in [3.8, 4) is 5.75 Å². The number of carbonyl (C=O) groups excluding carboxylic acids is 3. The molecule has 3 rings (SSSR count). The Balaban J connectivity index is 1.42. The summed E-state index contributed by atoms with van der Waals surface area (Å²) in [7, 11) is 1.72. The van der Waals surface area contributed by atoms with Crippen molar-refractivity contribution < 1.29 is 19.1 Å².